The predicted molar refractivity (Wildman–Crippen MR) is 101 cm³/mol. The third-order valence-corrected chi connectivity index (χ3v) is 5.04. The summed E-state index contributed by atoms with van der Waals surface area (Å²) in [6.07, 6.45) is 7.09. The van der Waals surface area contributed by atoms with Crippen molar-refractivity contribution in [2.24, 2.45) is 0 Å². The highest BCUT2D eigenvalue weighted by Gasteiger charge is 2.28. The van der Waals surface area contributed by atoms with E-state index in [2.05, 4.69) is 46.1 Å². The molecule has 2 aromatic heterocycles. The quantitative estimate of drug-likeness (QED) is 0.726. The smallest absolute Gasteiger partial charge is 0.272 e. The summed E-state index contributed by atoms with van der Waals surface area (Å²) in [5, 5.41) is 0. The maximum absolute atomic E-state index is 13.2. The number of pyridine rings is 1. The summed E-state index contributed by atoms with van der Waals surface area (Å²) < 4.78 is 0. The van der Waals surface area contributed by atoms with Crippen LogP contribution in [0.25, 0.3) is 11.2 Å². The number of fused-ring (bicyclic) bond motifs is 2. The number of rotatable bonds is 4. The number of hydrogen-bond donors (Lipinski definition) is 0. The van der Waals surface area contributed by atoms with E-state index in [1.807, 2.05) is 11.0 Å². The molecule has 26 heavy (non-hydrogen) atoms. The first-order valence-electron chi connectivity index (χ1n) is 9.22. The van der Waals surface area contributed by atoms with Crippen molar-refractivity contribution in [3.63, 3.8) is 0 Å². The SMILES string of the molecule is CCCN(C(=O)c1ccc2nccnc2n1)[C@H]1CCc2ccccc2C1. The minimum Gasteiger partial charge on any atom is -0.334 e. The lowest BCUT2D eigenvalue weighted by molar-refractivity contribution is 0.0656. The molecule has 5 nitrogen and oxygen atoms in total. The fourth-order valence-corrected chi connectivity index (χ4v) is 3.76. The molecule has 0 unspecified atom stereocenters. The van der Waals surface area contributed by atoms with Crippen molar-refractivity contribution in [2.75, 3.05) is 6.54 Å². The average molecular weight is 346 g/mol. The molecule has 1 aliphatic rings. The highest BCUT2D eigenvalue weighted by Crippen LogP contribution is 2.25. The van der Waals surface area contributed by atoms with Gasteiger partial charge < -0.3 is 4.90 Å². The van der Waals surface area contributed by atoms with Crippen LogP contribution in [-0.4, -0.2) is 38.3 Å². The zero-order valence-electron chi connectivity index (χ0n) is 14.9. The van der Waals surface area contributed by atoms with Gasteiger partial charge >= 0.3 is 0 Å². The van der Waals surface area contributed by atoms with Crippen LogP contribution < -0.4 is 0 Å². The third kappa shape index (κ3) is 3.17. The number of carbonyl (C=O) groups is 1. The summed E-state index contributed by atoms with van der Waals surface area (Å²) in [5.41, 5.74) is 4.44. The standard InChI is InChI=1S/C21H22N4O/c1-2-13-25(17-8-7-15-5-3-4-6-16(15)14-17)21(26)19-10-9-18-20(24-19)23-12-11-22-18/h3-6,9-12,17H,2,7-8,13-14H2,1H3/t17-/m0/s1. The van der Waals surface area contributed by atoms with Crippen molar-refractivity contribution >= 4 is 17.1 Å². The van der Waals surface area contributed by atoms with Crippen LogP contribution in [0.3, 0.4) is 0 Å². The number of aryl methyl sites for hydroxylation is 1. The monoisotopic (exact) mass is 346 g/mol. The molecule has 0 saturated heterocycles. The third-order valence-electron chi connectivity index (χ3n) is 5.04. The largest absolute Gasteiger partial charge is 0.334 e. The molecule has 0 fully saturated rings. The van der Waals surface area contributed by atoms with Crippen LogP contribution in [0.5, 0.6) is 0 Å². The molecule has 132 valence electrons. The van der Waals surface area contributed by atoms with Crippen LogP contribution in [0, 0.1) is 0 Å². The van der Waals surface area contributed by atoms with E-state index in [4.69, 9.17) is 0 Å². The topological polar surface area (TPSA) is 59.0 Å². The van der Waals surface area contributed by atoms with Crippen LogP contribution in [0.4, 0.5) is 0 Å². The maximum atomic E-state index is 13.2. The number of aromatic nitrogens is 3. The lowest BCUT2D eigenvalue weighted by Gasteiger charge is -2.35. The summed E-state index contributed by atoms with van der Waals surface area (Å²) in [4.78, 5) is 28.1. The van der Waals surface area contributed by atoms with E-state index < -0.39 is 0 Å². The van der Waals surface area contributed by atoms with E-state index in [9.17, 15) is 4.79 Å². The molecule has 4 rings (SSSR count). The van der Waals surface area contributed by atoms with Gasteiger partial charge in [0.15, 0.2) is 5.65 Å². The maximum Gasteiger partial charge on any atom is 0.272 e. The molecule has 0 aliphatic heterocycles. The summed E-state index contributed by atoms with van der Waals surface area (Å²) in [7, 11) is 0. The van der Waals surface area contributed by atoms with Gasteiger partial charge in [-0.25, -0.2) is 9.97 Å². The van der Waals surface area contributed by atoms with Gasteiger partial charge in [-0.05, 0) is 48.9 Å². The second-order valence-electron chi connectivity index (χ2n) is 6.76. The van der Waals surface area contributed by atoms with Gasteiger partial charge in [0, 0.05) is 25.0 Å². The van der Waals surface area contributed by atoms with Gasteiger partial charge in [-0.1, -0.05) is 31.2 Å². The Morgan fingerprint density at radius 2 is 1.92 bits per heavy atom. The summed E-state index contributed by atoms with van der Waals surface area (Å²) in [6.45, 7) is 2.85. The Kier molecular flexibility index (Phi) is 4.61. The van der Waals surface area contributed by atoms with E-state index in [0.29, 0.717) is 16.9 Å². The number of hydrogen-bond acceptors (Lipinski definition) is 4. The van der Waals surface area contributed by atoms with Crippen LogP contribution in [0.2, 0.25) is 0 Å². The fraction of sp³-hybridized carbons (Fsp3) is 0.333. The molecule has 0 spiro atoms. The van der Waals surface area contributed by atoms with E-state index in [-0.39, 0.29) is 11.9 Å². The molecule has 1 amide bonds. The minimum absolute atomic E-state index is 0.0104. The first kappa shape index (κ1) is 16.6. The van der Waals surface area contributed by atoms with Crippen molar-refractivity contribution in [3.8, 4) is 0 Å². The number of amides is 1. The zero-order valence-corrected chi connectivity index (χ0v) is 14.9. The number of benzene rings is 1. The van der Waals surface area contributed by atoms with Gasteiger partial charge in [0.2, 0.25) is 0 Å². The first-order valence-corrected chi connectivity index (χ1v) is 9.22. The molecule has 0 bridgehead atoms. The van der Waals surface area contributed by atoms with Crippen LogP contribution in [0.1, 0.15) is 41.4 Å². The Morgan fingerprint density at radius 1 is 1.12 bits per heavy atom. The highest BCUT2D eigenvalue weighted by molar-refractivity contribution is 5.94. The number of nitrogens with zero attached hydrogens (tertiary/aromatic N) is 4. The van der Waals surface area contributed by atoms with Crippen LogP contribution in [-0.2, 0) is 12.8 Å². The lowest BCUT2D eigenvalue weighted by Crippen LogP contribution is -2.44. The van der Waals surface area contributed by atoms with Crippen molar-refractivity contribution in [1.82, 2.24) is 19.9 Å². The van der Waals surface area contributed by atoms with Gasteiger partial charge in [0.05, 0.1) is 0 Å². The fourth-order valence-electron chi connectivity index (χ4n) is 3.76. The summed E-state index contributed by atoms with van der Waals surface area (Å²) in [6, 6.07) is 12.4. The van der Waals surface area contributed by atoms with Gasteiger partial charge in [-0.3, -0.25) is 9.78 Å². The Morgan fingerprint density at radius 3 is 2.77 bits per heavy atom. The molecule has 5 heteroatoms. The van der Waals surface area contributed by atoms with Gasteiger partial charge in [0.1, 0.15) is 11.2 Å². The normalized spacial score (nSPS) is 16.3. The van der Waals surface area contributed by atoms with E-state index in [1.54, 1.807) is 18.5 Å². The average Bonchev–Trinajstić information content (AvgIpc) is 2.71. The molecule has 0 N–H and O–H groups in total. The molecule has 0 saturated carbocycles. The van der Waals surface area contributed by atoms with Crippen molar-refractivity contribution in [1.29, 1.82) is 0 Å². The molecule has 1 atom stereocenters. The molecule has 2 heterocycles. The molecule has 0 radical (unpaired) electrons. The van der Waals surface area contributed by atoms with Gasteiger partial charge in [-0.15, -0.1) is 0 Å². The summed E-state index contributed by atoms with van der Waals surface area (Å²) >= 11 is 0. The summed E-state index contributed by atoms with van der Waals surface area (Å²) in [5.74, 6) is -0.0104. The van der Waals surface area contributed by atoms with Gasteiger partial charge in [-0.2, -0.15) is 0 Å². The second-order valence-corrected chi connectivity index (χ2v) is 6.76. The molecule has 1 aliphatic carbocycles. The predicted octanol–water partition coefficient (Wildman–Crippen LogP) is 3.43. The van der Waals surface area contributed by atoms with Crippen molar-refractivity contribution in [2.45, 2.75) is 38.6 Å². The van der Waals surface area contributed by atoms with Gasteiger partial charge in [0.25, 0.3) is 5.91 Å². The Hall–Kier alpha value is -2.82. The van der Waals surface area contributed by atoms with Crippen LogP contribution in [0.15, 0.2) is 48.8 Å². The highest BCUT2D eigenvalue weighted by atomic mass is 16.2. The second kappa shape index (κ2) is 7.20. The number of carbonyl (C=O) groups excluding carboxylic acids is 1. The van der Waals surface area contributed by atoms with Crippen molar-refractivity contribution in [3.05, 3.63) is 65.6 Å². The van der Waals surface area contributed by atoms with Crippen molar-refractivity contribution < 1.29 is 4.79 Å². The zero-order chi connectivity index (χ0) is 17.9. The Labute approximate surface area is 153 Å². The van der Waals surface area contributed by atoms with E-state index >= 15 is 0 Å². The molecular weight excluding hydrogens is 324 g/mol. The van der Waals surface area contributed by atoms with Crippen LogP contribution >= 0.6 is 0 Å². The molecule has 3 aromatic rings. The Balaban J connectivity index is 1.62. The lowest BCUT2D eigenvalue weighted by atomic mass is 9.87. The Bertz CT molecular complexity index is 940. The van der Waals surface area contributed by atoms with E-state index in [0.717, 1.165) is 32.2 Å². The molecular formula is C21H22N4O. The first-order chi connectivity index (χ1) is 12.8. The molecule has 1 aromatic carbocycles. The van der Waals surface area contributed by atoms with E-state index in [1.165, 1.54) is 11.1 Å². The minimum atomic E-state index is -0.0104.